The van der Waals surface area contributed by atoms with Gasteiger partial charge in [-0.3, -0.25) is 9.36 Å². The highest BCUT2D eigenvalue weighted by Gasteiger charge is 2.26. The SMILES string of the molecule is CCCCCCCCCC[N+]1(CCCCCCCCCC)CCCCCn2cc(C)c(=O)n(c2=O)CCCCC1.[Br-]. The van der Waals surface area contributed by atoms with E-state index in [-0.39, 0.29) is 28.2 Å². The summed E-state index contributed by atoms with van der Waals surface area (Å²) in [5, 5.41) is 0. The van der Waals surface area contributed by atoms with Gasteiger partial charge in [-0.05, 0) is 71.1 Å². The number of nitrogens with zero attached hydrogens (tertiary/aromatic N) is 3. The summed E-state index contributed by atoms with van der Waals surface area (Å²) in [5.41, 5.74) is 0.489. The molecular weight excluding hydrogens is 574 g/mol. The fourth-order valence-electron chi connectivity index (χ4n) is 6.79. The van der Waals surface area contributed by atoms with Crippen LogP contribution in [0, 0.1) is 6.92 Å². The van der Waals surface area contributed by atoms with Crippen LogP contribution in [0.2, 0.25) is 0 Å². The molecule has 2 bridgehead atoms. The van der Waals surface area contributed by atoms with Crippen LogP contribution in [-0.2, 0) is 13.1 Å². The lowest BCUT2D eigenvalue weighted by molar-refractivity contribution is -0.929. The number of quaternary nitrogens is 1. The second kappa shape index (κ2) is 23.6. The Hall–Kier alpha value is -0.880. The standard InChI is InChI=1S/C35H66N3O2.BrH/c1-4-6-8-10-12-14-16-22-28-38(29-23-17-15-13-11-9-7-5-2)30-24-18-20-26-36-32-33(3)34(39)37(35(36)40)27-21-19-25-31-38;/h32H,4-31H2,1-3H3;1H/q+1;/p-1. The van der Waals surface area contributed by atoms with Gasteiger partial charge in [-0.15, -0.1) is 0 Å². The topological polar surface area (TPSA) is 44.0 Å². The molecule has 1 aliphatic rings. The molecule has 5 nitrogen and oxygen atoms in total. The predicted octanol–water partition coefficient (Wildman–Crippen LogP) is 5.77. The van der Waals surface area contributed by atoms with Crippen molar-refractivity contribution in [2.24, 2.45) is 0 Å². The number of rotatable bonds is 18. The highest BCUT2D eigenvalue weighted by Crippen LogP contribution is 2.20. The minimum atomic E-state index is -0.109. The number of aryl methyl sites for hydroxylation is 2. The van der Waals surface area contributed by atoms with Crippen molar-refractivity contribution >= 4 is 0 Å². The molecule has 240 valence electrons. The van der Waals surface area contributed by atoms with E-state index in [9.17, 15) is 9.59 Å². The van der Waals surface area contributed by atoms with E-state index in [1.54, 1.807) is 10.8 Å². The molecule has 2 heterocycles. The molecule has 2 rings (SSSR count). The maximum absolute atomic E-state index is 12.9. The van der Waals surface area contributed by atoms with E-state index in [1.165, 1.54) is 157 Å². The summed E-state index contributed by atoms with van der Waals surface area (Å²) in [6, 6.07) is 0. The van der Waals surface area contributed by atoms with Gasteiger partial charge in [-0.2, -0.15) is 0 Å². The lowest BCUT2D eigenvalue weighted by Crippen LogP contribution is -3.00. The van der Waals surface area contributed by atoms with Crippen molar-refractivity contribution in [2.75, 3.05) is 26.2 Å². The highest BCUT2D eigenvalue weighted by molar-refractivity contribution is 5.02. The summed E-state index contributed by atoms with van der Waals surface area (Å²) in [6.07, 6.45) is 30.8. The lowest BCUT2D eigenvalue weighted by Gasteiger charge is -2.40. The highest BCUT2D eigenvalue weighted by atomic mass is 79.9. The zero-order valence-electron chi connectivity index (χ0n) is 27.4. The summed E-state index contributed by atoms with van der Waals surface area (Å²) in [4.78, 5) is 25.6. The van der Waals surface area contributed by atoms with Crippen molar-refractivity contribution < 1.29 is 21.5 Å². The van der Waals surface area contributed by atoms with Gasteiger partial charge in [0.25, 0.3) is 5.56 Å². The molecule has 0 amide bonds. The van der Waals surface area contributed by atoms with Crippen LogP contribution < -0.4 is 28.2 Å². The molecule has 1 aromatic heterocycles. The van der Waals surface area contributed by atoms with Crippen molar-refractivity contribution in [2.45, 2.75) is 175 Å². The van der Waals surface area contributed by atoms with Crippen LogP contribution in [0.4, 0.5) is 0 Å². The van der Waals surface area contributed by atoms with Crippen molar-refractivity contribution in [3.05, 3.63) is 32.6 Å². The zero-order chi connectivity index (χ0) is 28.9. The lowest BCUT2D eigenvalue weighted by atomic mass is 10.0. The van der Waals surface area contributed by atoms with Gasteiger partial charge < -0.3 is 26.0 Å². The van der Waals surface area contributed by atoms with Crippen molar-refractivity contribution in [1.82, 2.24) is 9.13 Å². The van der Waals surface area contributed by atoms with Crippen molar-refractivity contribution in [3.63, 3.8) is 0 Å². The smallest absolute Gasteiger partial charge is 0.330 e. The Morgan fingerprint density at radius 2 is 1.05 bits per heavy atom. The fourth-order valence-corrected chi connectivity index (χ4v) is 6.79. The maximum Gasteiger partial charge on any atom is 0.330 e. The Morgan fingerprint density at radius 3 is 1.54 bits per heavy atom. The van der Waals surface area contributed by atoms with E-state index in [0.717, 1.165) is 25.8 Å². The number of unbranched alkanes of at least 4 members (excludes halogenated alkanes) is 14. The summed E-state index contributed by atoms with van der Waals surface area (Å²) in [6.45, 7) is 13.0. The third kappa shape index (κ3) is 15.4. The summed E-state index contributed by atoms with van der Waals surface area (Å²) < 4.78 is 4.62. The van der Waals surface area contributed by atoms with Gasteiger partial charge in [-0.1, -0.05) is 90.9 Å². The molecule has 1 aliphatic heterocycles. The first-order valence-electron chi connectivity index (χ1n) is 17.7. The van der Waals surface area contributed by atoms with Crippen LogP contribution in [0.5, 0.6) is 0 Å². The van der Waals surface area contributed by atoms with Gasteiger partial charge in [0.05, 0.1) is 26.2 Å². The number of aromatic nitrogens is 2. The zero-order valence-corrected chi connectivity index (χ0v) is 29.0. The molecule has 0 saturated carbocycles. The van der Waals surface area contributed by atoms with Crippen LogP contribution in [0.25, 0.3) is 0 Å². The van der Waals surface area contributed by atoms with E-state index >= 15 is 0 Å². The van der Waals surface area contributed by atoms with E-state index in [1.807, 2.05) is 6.92 Å². The van der Waals surface area contributed by atoms with Gasteiger partial charge in [0.1, 0.15) is 0 Å². The number of fused-ring (bicyclic) bond motifs is 2. The molecule has 0 radical (unpaired) electrons. The first-order valence-corrected chi connectivity index (χ1v) is 17.7. The van der Waals surface area contributed by atoms with Gasteiger partial charge in [0.2, 0.25) is 0 Å². The molecular formula is C35H66BrN3O2. The molecule has 0 N–H and O–H groups in total. The summed E-state index contributed by atoms with van der Waals surface area (Å²) in [5.74, 6) is 0. The average molecular weight is 641 g/mol. The van der Waals surface area contributed by atoms with E-state index in [0.29, 0.717) is 12.1 Å². The monoisotopic (exact) mass is 639 g/mol. The van der Waals surface area contributed by atoms with Crippen LogP contribution in [-0.4, -0.2) is 39.8 Å². The fraction of sp³-hybridized carbons (Fsp3) is 0.886. The predicted molar refractivity (Wildman–Crippen MR) is 172 cm³/mol. The average Bonchev–Trinajstić information content (AvgIpc) is 2.95. The first-order chi connectivity index (χ1) is 19.5. The van der Waals surface area contributed by atoms with Gasteiger partial charge >= 0.3 is 5.69 Å². The van der Waals surface area contributed by atoms with Crippen LogP contribution >= 0.6 is 0 Å². The van der Waals surface area contributed by atoms with Crippen LogP contribution in [0.3, 0.4) is 0 Å². The molecule has 0 fully saturated rings. The Kier molecular flexibility index (Phi) is 21.9. The van der Waals surface area contributed by atoms with E-state index < -0.39 is 0 Å². The third-order valence-corrected chi connectivity index (χ3v) is 9.43. The summed E-state index contributed by atoms with van der Waals surface area (Å²) >= 11 is 0. The van der Waals surface area contributed by atoms with Crippen LogP contribution in [0.15, 0.2) is 15.8 Å². The molecule has 0 atom stereocenters. The molecule has 6 heteroatoms. The van der Waals surface area contributed by atoms with Gasteiger partial charge in [-0.25, -0.2) is 4.79 Å². The number of hydrogen-bond acceptors (Lipinski definition) is 2. The van der Waals surface area contributed by atoms with E-state index in [2.05, 4.69) is 13.8 Å². The molecule has 0 aliphatic carbocycles. The Balaban J connectivity index is 0.00000840. The first kappa shape index (κ1) is 38.1. The second-order valence-electron chi connectivity index (χ2n) is 13.1. The molecule has 1 aromatic rings. The molecule has 0 unspecified atom stereocenters. The van der Waals surface area contributed by atoms with Crippen molar-refractivity contribution in [1.29, 1.82) is 0 Å². The number of hydrogen-bond donors (Lipinski definition) is 0. The third-order valence-electron chi connectivity index (χ3n) is 9.43. The Bertz CT molecular complexity index is 874. The molecule has 0 aromatic carbocycles. The number of halogens is 1. The minimum Gasteiger partial charge on any atom is -1.00 e. The van der Waals surface area contributed by atoms with Crippen molar-refractivity contribution in [3.8, 4) is 0 Å². The minimum absolute atomic E-state index is 0. The van der Waals surface area contributed by atoms with E-state index in [4.69, 9.17) is 0 Å². The van der Waals surface area contributed by atoms with Gasteiger partial charge in [0.15, 0.2) is 0 Å². The second-order valence-corrected chi connectivity index (χ2v) is 13.1. The molecule has 41 heavy (non-hydrogen) atoms. The Morgan fingerprint density at radius 1 is 0.610 bits per heavy atom. The molecule has 0 spiro atoms. The van der Waals surface area contributed by atoms with Gasteiger partial charge in [0, 0.05) is 24.8 Å². The molecule has 0 saturated heterocycles. The largest absolute Gasteiger partial charge is 1.00 e. The Labute approximate surface area is 263 Å². The summed E-state index contributed by atoms with van der Waals surface area (Å²) in [7, 11) is 0. The van der Waals surface area contributed by atoms with Crippen LogP contribution in [0.1, 0.15) is 161 Å². The quantitative estimate of drug-likeness (QED) is 0.151. The maximum atomic E-state index is 12.9. The normalized spacial score (nSPS) is 16.2.